The number of piperidine rings is 1. The monoisotopic (exact) mass is 283 g/mol. The highest BCUT2D eigenvalue weighted by molar-refractivity contribution is 6.04. The lowest BCUT2D eigenvalue weighted by Crippen LogP contribution is -2.48. The number of carbonyl (C=O) groups excluding carboxylic acids is 4. The van der Waals surface area contributed by atoms with Crippen LogP contribution in [0.25, 0.3) is 0 Å². The highest BCUT2D eigenvalue weighted by atomic mass is 16.5. The second kappa shape index (κ2) is 5.89. The Kier molecular flexibility index (Phi) is 4.21. The highest BCUT2D eigenvalue weighted by Crippen LogP contribution is 2.18. The van der Waals surface area contributed by atoms with Crippen molar-refractivity contribution >= 4 is 23.8 Å². The average molecular weight is 283 g/mol. The first-order chi connectivity index (χ1) is 9.52. The van der Waals surface area contributed by atoms with E-state index in [0.29, 0.717) is 19.4 Å². The van der Waals surface area contributed by atoms with Crippen LogP contribution >= 0.6 is 0 Å². The summed E-state index contributed by atoms with van der Waals surface area (Å²) in [4.78, 5) is 48.8. The number of urea groups is 1. The van der Waals surface area contributed by atoms with Crippen LogP contribution in [0.2, 0.25) is 0 Å². The minimum atomic E-state index is -0.551. The fourth-order valence-corrected chi connectivity index (χ4v) is 2.41. The van der Waals surface area contributed by atoms with Crippen molar-refractivity contribution in [1.29, 1.82) is 0 Å². The number of methoxy groups -OCH3 is 1. The minimum Gasteiger partial charge on any atom is -0.469 e. The zero-order valence-corrected chi connectivity index (χ0v) is 11.3. The predicted octanol–water partition coefficient (Wildman–Crippen LogP) is -1.05. The summed E-state index contributed by atoms with van der Waals surface area (Å²) in [6.45, 7) is 0.445. The van der Waals surface area contributed by atoms with Crippen LogP contribution in [-0.2, 0) is 19.1 Å². The molecule has 2 heterocycles. The van der Waals surface area contributed by atoms with Crippen LogP contribution in [0.4, 0.5) is 4.79 Å². The molecule has 0 aromatic heterocycles. The first kappa shape index (κ1) is 14.3. The molecule has 0 spiro atoms. The molecule has 2 saturated heterocycles. The molecule has 0 radical (unpaired) electrons. The normalized spacial score (nSPS) is 22.8. The summed E-state index contributed by atoms with van der Waals surface area (Å²) in [5.41, 5.74) is 0. The Morgan fingerprint density at radius 1 is 1.40 bits per heavy atom. The molecule has 1 N–H and O–H groups in total. The lowest BCUT2D eigenvalue weighted by atomic mass is 9.98. The summed E-state index contributed by atoms with van der Waals surface area (Å²) in [5, 5.41) is 2.36. The van der Waals surface area contributed by atoms with Crippen molar-refractivity contribution in [1.82, 2.24) is 15.1 Å². The summed E-state index contributed by atoms with van der Waals surface area (Å²) >= 11 is 0. The van der Waals surface area contributed by atoms with E-state index in [9.17, 15) is 19.2 Å². The standard InChI is InChI=1S/C12H17N3O5/c1-20-11(18)8-3-2-4-14(6-8)10(17)7-15-9(16)5-13-12(15)19/h8H,2-7H2,1H3,(H,13,19). The number of hydrogen-bond acceptors (Lipinski definition) is 5. The molecular weight excluding hydrogens is 266 g/mol. The highest BCUT2D eigenvalue weighted by Gasteiger charge is 2.34. The number of likely N-dealkylation sites (tertiary alicyclic amines) is 1. The number of nitrogens with one attached hydrogen (secondary N) is 1. The topological polar surface area (TPSA) is 96.0 Å². The van der Waals surface area contributed by atoms with Gasteiger partial charge < -0.3 is 15.0 Å². The van der Waals surface area contributed by atoms with E-state index in [-0.39, 0.29) is 37.4 Å². The molecule has 0 aromatic rings. The molecule has 4 amide bonds. The van der Waals surface area contributed by atoms with Gasteiger partial charge >= 0.3 is 12.0 Å². The van der Waals surface area contributed by atoms with Crippen LogP contribution in [0.1, 0.15) is 12.8 Å². The van der Waals surface area contributed by atoms with Crippen LogP contribution in [-0.4, -0.2) is 66.9 Å². The first-order valence-electron chi connectivity index (χ1n) is 6.46. The molecule has 2 aliphatic rings. The van der Waals surface area contributed by atoms with Crippen molar-refractivity contribution in [2.24, 2.45) is 5.92 Å². The molecule has 110 valence electrons. The summed E-state index contributed by atoms with van der Waals surface area (Å²) in [6, 6.07) is -0.551. The number of nitrogens with zero attached hydrogens (tertiary/aromatic N) is 2. The van der Waals surface area contributed by atoms with Gasteiger partial charge in [-0.05, 0) is 12.8 Å². The minimum absolute atomic E-state index is 0.0725. The second-order valence-electron chi connectivity index (χ2n) is 4.84. The number of amides is 4. The van der Waals surface area contributed by atoms with Crippen LogP contribution in [0.5, 0.6) is 0 Å². The van der Waals surface area contributed by atoms with Crippen LogP contribution in [0.3, 0.4) is 0 Å². The van der Waals surface area contributed by atoms with Gasteiger partial charge in [-0.1, -0.05) is 0 Å². The summed E-state index contributed by atoms with van der Waals surface area (Å²) in [6.07, 6.45) is 1.38. The van der Waals surface area contributed by atoms with E-state index in [2.05, 4.69) is 10.1 Å². The molecule has 20 heavy (non-hydrogen) atoms. The number of esters is 1. The van der Waals surface area contributed by atoms with Crippen molar-refractivity contribution < 1.29 is 23.9 Å². The third-order valence-electron chi connectivity index (χ3n) is 3.54. The molecule has 0 aliphatic carbocycles. The van der Waals surface area contributed by atoms with Crippen LogP contribution < -0.4 is 5.32 Å². The van der Waals surface area contributed by atoms with Crippen molar-refractivity contribution in [3.8, 4) is 0 Å². The lowest BCUT2D eigenvalue weighted by molar-refractivity contribution is -0.149. The molecule has 8 heteroatoms. The van der Waals surface area contributed by atoms with Gasteiger partial charge in [0.05, 0.1) is 19.6 Å². The predicted molar refractivity (Wildman–Crippen MR) is 66.4 cm³/mol. The zero-order chi connectivity index (χ0) is 14.7. The van der Waals surface area contributed by atoms with Crippen LogP contribution in [0.15, 0.2) is 0 Å². The molecule has 0 saturated carbocycles. The van der Waals surface area contributed by atoms with E-state index in [0.717, 1.165) is 4.90 Å². The van der Waals surface area contributed by atoms with Gasteiger partial charge in [0.15, 0.2) is 0 Å². The number of carbonyl (C=O) groups is 4. The van der Waals surface area contributed by atoms with Gasteiger partial charge in [0.1, 0.15) is 6.54 Å². The molecule has 1 unspecified atom stereocenters. The molecule has 0 aromatic carbocycles. The first-order valence-corrected chi connectivity index (χ1v) is 6.46. The van der Waals surface area contributed by atoms with Gasteiger partial charge in [0.2, 0.25) is 5.91 Å². The summed E-state index contributed by atoms with van der Waals surface area (Å²) in [7, 11) is 1.32. The molecule has 1 atom stereocenters. The lowest BCUT2D eigenvalue weighted by Gasteiger charge is -2.32. The Bertz CT molecular complexity index is 434. The maximum absolute atomic E-state index is 12.1. The number of hydrogen-bond donors (Lipinski definition) is 1. The Morgan fingerprint density at radius 2 is 2.15 bits per heavy atom. The SMILES string of the molecule is COC(=O)C1CCCN(C(=O)CN2C(=O)CNC2=O)C1. The van der Waals surface area contributed by atoms with E-state index >= 15 is 0 Å². The third kappa shape index (κ3) is 2.89. The fraction of sp³-hybridized carbons (Fsp3) is 0.667. The fourth-order valence-electron chi connectivity index (χ4n) is 2.41. The van der Waals surface area contributed by atoms with Gasteiger partial charge in [-0.3, -0.25) is 19.3 Å². The van der Waals surface area contributed by atoms with E-state index in [4.69, 9.17) is 0 Å². The second-order valence-corrected chi connectivity index (χ2v) is 4.84. The Balaban J connectivity index is 1.93. The number of ether oxygens (including phenoxy) is 1. The Morgan fingerprint density at radius 3 is 2.75 bits per heavy atom. The van der Waals surface area contributed by atoms with Gasteiger partial charge in [-0.2, -0.15) is 0 Å². The van der Waals surface area contributed by atoms with E-state index in [1.807, 2.05) is 0 Å². The molecule has 2 fully saturated rings. The summed E-state index contributed by atoms with van der Waals surface area (Å²) < 4.78 is 4.68. The molecular formula is C12H17N3O5. The van der Waals surface area contributed by atoms with Gasteiger partial charge in [-0.15, -0.1) is 0 Å². The summed E-state index contributed by atoms with van der Waals surface area (Å²) in [5.74, 6) is -1.41. The molecule has 8 nitrogen and oxygen atoms in total. The van der Waals surface area contributed by atoms with E-state index in [1.165, 1.54) is 12.0 Å². The van der Waals surface area contributed by atoms with Gasteiger partial charge in [0.25, 0.3) is 5.91 Å². The molecule has 2 aliphatic heterocycles. The third-order valence-corrected chi connectivity index (χ3v) is 3.54. The van der Waals surface area contributed by atoms with Crippen LogP contribution in [0, 0.1) is 5.92 Å². The van der Waals surface area contributed by atoms with E-state index < -0.39 is 11.9 Å². The largest absolute Gasteiger partial charge is 0.469 e. The molecule has 0 bridgehead atoms. The molecule has 2 rings (SSSR count). The number of rotatable bonds is 3. The van der Waals surface area contributed by atoms with Gasteiger partial charge in [0, 0.05) is 13.1 Å². The Labute approximate surface area is 116 Å². The average Bonchev–Trinajstić information content (AvgIpc) is 2.78. The zero-order valence-electron chi connectivity index (χ0n) is 11.3. The Hall–Kier alpha value is -2.12. The maximum Gasteiger partial charge on any atom is 0.325 e. The quantitative estimate of drug-likeness (QED) is 0.526. The smallest absolute Gasteiger partial charge is 0.325 e. The van der Waals surface area contributed by atoms with E-state index in [1.54, 1.807) is 0 Å². The maximum atomic E-state index is 12.1. The number of imide groups is 1. The van der Waals surface area contributed by atoms with Crippen molar-refractivity contribution in [3.05, 3.63) is 0 Å². The van der Waals surface area contributed by atoms with Crippen molar-refractivity contribution in [3.63, 3.8) is 0 Å². The van der Waals surface area contributed by atoms with Gasteiger partial charge in [-0.25, -0.2) is 4.79 Å². The van der Waals surface area contributed by atoms with Crippen molar-refractivity contribution in [2.45, 2.75) is 12.8 Å². The van der Waals surface area contributed by atoms with Crippen molar-refractivity contribution in [2.75, 3.05) is 33.3 Å².